The maximum absolute atomic E-state index is 14.0. The molecule has 3 aromatic carbocycles. The molecule has 174 valence electrons. The van der Waals surface area contributed by atoms with E-state index < -0.39 is 6.04 Å². The number of amides is 2. The Balaban J connectivity index is 1.83. The van der Waals surface area contributed by atoms with Crippen molar-refractivity contribution in [1.82, 2.24) is 0 Å². The van der Waals surface area contributed by atoms with E-state index in [0.717, 1.165) is 11.1 Å². The Bertz CT molecular complexity index is 1230. The smallest absolute Gasteiger partial charge is 0.255 e. The number of hydrogen-bond acceptors (Lipinski definition) is 4. The standard InChI is InChI=1S/C27H25ClN2O4/c1-18(15-19-7-5-4-6-8-19)26-27(32)29(23-16-22(33-2)13-14-24(23)34-3)17-25(31)30(26)21-11-9-20(28)10-12-21/h4-16,26H,17H2,1-3H3/b18-15+/t26-/m1/s1. The van der Waals surface area contributed by atoms with Crippen LogP contribution in [0.5, 0.6) is 11.5 Å². The van der Waals surface area contributed by atoms with Gasteiger partial charge < -0.3 is 9.47 Å². The van der Waals surface area contributed by atoms with Crippen LogP contribution in [0, 0.1) is 0 Å². The number of methoxy groups -OCH3 is 2. The first-order valence-electron chi connectivity index (χ1n) is 10.8. The Morgan fingerprint density at radius 3 is 2.32 bits per heavy atom. The van der Waals surface area contributed by atoms with Crippen LogP contribution in [0.4, 0.5) is 11.4 Å². The van der Waals surface area contributed by atoms with Crippen molar-refractivity contribution in [3.05, 3.63) is 89.0 Å². The van der Waals surface area contributed by atoms with Crippen molar-refractivity contribution in [2.75, 3.05) is 30.6 Å². The Hall–Kier alpha value is -3.77. The van der Waals surface area contributed by atoms with Gasteiger partial charge in [-0.1, -0.05) is 48.0 Å². The van der Waals surface area contributed by atoms with Crippen molar-refractivity contribution < 1.29 is 19.1 Å². The van der Waals surface area contributed by atoms with E-state index in [4.69, 9.17) is 21.1 Å². The minimum Gasteiger partial charge on any atom is -0.497 e. The van der Waals surface area contributed by atoms with Crippen molar-refractivity contribution in [3.63, 3.8) is 0 Å². The number of carbonyl (C=O) groups is 2. The molecule has 4 rings (SSSR count). The zero-order chi connectivity index (χ0) is 24.2. The molecule has 1 fully saturated rings. The van der Waals surface area contributed by atoms with Gasteiger partial charge >= 0.3 is 0 Å². The molecule has 0 aromatic heterocycles. The summed E-state index contributed by atoms with van der Waals surface area (Å²) in [6.45, 7) is 1.72. The summed E-state index contributed by atoms with van der Waals surface area (Å²) in [7, 11) is 3.08. The maximum atomic E-state index is 14.0. The fourth-order valence-corrected chi connectivity index (χ4v) is 4.21. The van der Waals surface area contributed by atoms with Gasteiger partial charge in [-0.3, -0.25) is 19.4 Å². The van der Waals surface area contributed by atoms with Crippen LogP contribution >= 0.6 is 11.6 Å². The lowest BCUT2D eigenvalue weighted by Gasteiger charge is -2.41. The molecule has 0 spiro atoms. The number of hydrogen-bond donors (Lipinski definition) is 0. The van der Waals surface area contributed by atoms with Gasteiger partial charge in [0.25, 0.3) is 5.91 Å². The second kappa shape index (κ2) is 10.0. The molecule has 2 amide bonds. The predicted molar refractivity (Wildman–Crippen MR) is 135 cm³/mol. The van der Waals surface area contributed by atoms with E-state index in [1.165, 1.54) is 16.9 Å². The first kappa shape index (κ1) is 23.4. The molecule has 7 heteroatoms. The molecule has 0 radical (unpaired) electrons. The van der Waals surface area contributed by atoms with Gasteiger partial charge in [0.15, 0.2) is 0 Å². The number of anilines is 2. The molecule has 0 saturated carbocycles. The van der Waals surface area contributed by atoms with Gasteiger partial charge in [0.2, 0.25) is 5.91 Å². The van der Waals surface area contributed by atoms with E-state index in [1.54, 1.807) is 49.6 Å². The Morgan fingerprint density at radius 1 is 0.971 bits per heavy atom. The summed E-state index contributed by atoms with van der Waals surface area (Å²) < 4.78 is 10.8. The minimum atomic E-state index is -0.849. The number of piperazine rings is 1. The van der Waals surface area contributed by atoms with Gasteiger partial charge in [0.05, 0.1) is 19.9 Å². The monoisotopic (exact) mass is 476 g/mol. The fraction of sp³-hybridized carbons (Fsp3) is 0.185. The Morgan fingerprint density at radius 2 is 1.68 bits per heavy atom. The lowest BCUT2D eigenvalue weighted by atomic mass is 9.98. The summed E-state index contributed by atoms with van der Waals surface area (Å²) in [6.07, 6.45) is 1.92. The van der Waals surface area contributed by atoms with Gasteiger partial charge in [-0.2, -0.15) is 0 Å². The zero-order valence-electron chi connectivity index (χ0n) is 19.2. The average molecular weight is 477 g/mol. The van der Waals surface area contributed by atoms with E-state index in [0.29, 0.717) is 27.9 Å². The van der Waals surface area contributed by atoms with Crippen LogP contribution in [-0.4, -0.2) is 38.6 Å². The molecule has 0 unspecified atom stereocenters. The highest BCUT2D eigenvalue weighted by Crippen LogP contribution is 2.36. The highest BCUT2D eigenvalue weighted by molar-refractivity contribution is 6.30. The molecule has 3 aromatic rings. The SMILES string of the molecule is COc1ccc(OC)c(N2CC(=O)N(c3ccc(Cl)cc3)[C@H](/C(C)=C/c3ccccc3)C2=O)c1. The highest BCUT2D eigenvalue weighted by atomic mass is 35.5. The number of benzene rings is 3. The molecule has 1 aliphatic heterocycles. The highest BCUT2D eigenvalue weighted by Gasteiger charge is 2.42. The predicted octanol–water partition coefficient (Wildman–Crippen LogP) is 5.21. The normalized spacial score (nSPS) is 16.6. The van der Waals surface area contributed by atoms with Crippen molar-refractivity contribution >= 4 is 40.9 Å². The molecular formula is C27H25ClN2O4. The minimum absolute atomic E-state index is 0.139. The van der Waals surface area contributed by atoms with Gasteiger partial charge in [-0.25, -0.2) is 0 Å². The van der Waals surface area contributed by atoms with E-state index in [1.807, 2.05) is 43.3 Å². The van der Waals surface area contributed by atoms with Crippen LogP contribution in [0.2, 0.25) is 5.02 Å². The Labute approximate surface area is 204 Å². The molecular weight excluding hydrogens is 452 g/mol. The van der Waals surface area contributed by atoms with Gasteiger partial charge in [-0.05, 0) is 54.5 Å². The van der Waals surface area contributed by atoms with Gasteiger partial charge in [0, 0.05) is 16.8 Å². The summed E-state index contributed by atoms with van der Waals surface area (Å²) in [6, 6.07) is 20.9. The third kappa shape index (κ3) is 4.63. The second-order valence-corrected chi connectivity index (χ2v) is 8.34. The first-order chi connectivity index (χ1) is 16.4. The molecule has 1 aliphatic rings. The fourth-order valence-electron chi connectivity index (χ4n) is 4.09. The maximum Gasteiger partial charge on any atom is 0.255 e. The molecule has 1 saturated heterocycles. The van der Waals surface area contributed by atoms with E-state index in [-0.39, 0.29) is 18.4 Å². The number of rotatable bonds is 6. The third-order valence-electron chi connectivity index (χ3n) is 5.73. The van der Waals surface area contributed by atoms with Crippen LogP contribution in [-0.2, 0) is 9.59 Å². The summed E-state index contributed by atoms with van der Waals surface area (Å²) in [4.78, 5) is 30.5. The average Bonchev–Trinajstić information content (AvgIpc) is 2.85. The van der Waals surface area contributed by atoms with Crippen molar-refractivity contribution in [2.24, 2.45) is 0 Å². The first-order valence-corrected chi connectivity index (χ1v) is 11.1. The van der Waals surface area contributed by atoms with Crippen molar-refractivity contribution in [3.8, 4) is 11.5 Å². The topological polar surface area (TPSA) is 59.1 Å². The number of carbonyl (C=O) groups excluding carboxylic acids is 2. The van der Waals surface area contributed by atoms with E-state index >= 15 is 0 Å². The van der Waals surface area contributed by atoms with Gasteiger partial charge in [0.1, 0.15) is 24.1 Å². The van der Waals surface area contributed by atoms with E-state index in [2.05, 4.69) is 0 Å². The zero-order valence-corrected chi connectivity index (χ0v) is 20.0. The van der Waals surface area contributed by atoms with Crippen LogP contribution in [0.25, 0.3) is 6.08 Å². The second-order valence-electron chi connectivity index (χ2n) is 7.90. The largest absolute Gasteiger partial charge is 0.497 e. The molecule has 1 atom stereocenters. The lowest BCUT2D eigenvalue weighted by molar-refractivity contribution is -0.127. The molecule has 0 aliphatic carbocycles. The summed E-state index contributed by atoms with van der Waals surface area (Å²) in [5.74, 6) is 0.568. The van der Waals surface area contributed by atoms with Gasteiger partial charge in [-0.15, -0.1) is 0 Å². The molecule has 1 heterocycles. The number of halogens is 1. The molecule has 0 bridgehead atoms. The van der Waals surface area contributed by atoms with Crippen LogP contribution < -0.4 is 19.3 Å². The molecule has 34 heavy (non-hydrogen) atoms. The lowest BCUT2D eigenvalue weighted by Crippen LogP contribution is -2.61. The third-order valence-corrected chi connectivity index (χ3v) is 5.98. The Kier molecular flexibility index (Phi) is 6.89. The quantitative estimate of drug-likeness (QED) is 0.490. The molecule has 0 N–H and O–H groups in total. The van der Waals surface area contributed by atoms with Crippen LogP contribution in [0.1, 0.15) is 12.5 Å². The van der Waals surface area contributed by atoms with Crippen LogP contribution in [0.3, 0.4) is 0 Å². The summed E-state index contributed by atoms with van der Waals surface area (Å²) in [5, 5.41) is 0.551. The number of nitrogens with zero attached hydrogens (tertiary/aromatic N) is 2. The van der Waals surface area contributed by atoms with Crippen molar-refractivity contribution in [1.29, 1.82) is 0 Å². The van der Waals surface area contributed by atoms with E-state index in [9.17, 15) is 9.59 Å². The molecule has 6 nitrogen and oxygen atoms in total. The summed E-state index contributed by atoms with van der Waals surface area (Å²) in [5.41, 5.74) is 2.75. The number of ether oxygens (including phenoxy) is 2. The van der Waals surface area contributed by atoms with Crippen molar-refractivity contribution in [2.45, 2.75) is 13.0 Å². The summed E-state index contributed by atoms with van der Waals surface area (Å²) >= 11 is 6.07. The van der Waals surface area contributed by atoms with Crippen LogP contribution in [0.15, 0.2) is 78.4 Å².